The predicted molar refractivity (Wildman–Crippen MR) is 83.0 cm³/mol. The van der Waals surface area contributed by atoms with Gasteiger partial charge in [0.2, 0.25) is 0 Å². The summed E-state index contributed by atoms with van der Waals surface area (Å²) in [6.07, 6.45) is 0. The highest BCUT2D eigenvalue weighted by atomic mass is 16.6. The molecule has 7 nitrogen and oxygen atoms in total. The maximum atomic E-state index is 11.7. The van der Waals surface area contributed by atoms with E-state index in [0.29, 0.717) is 17.1 Å². The second kappa shape index (κ2) is 6.78. The van der Waals surface area contributed by atoms with E-state index in [1.165, 1.54) is 39.5 Å². The molecular formula is C16H15NO6. The molecule has 0 unspecified atom stereocenters. The van der Waals surface area contributed by atoms with Crippen LogP contribution in [0.1, 0.15) is 10.4 Å². The molecule has 2 rings (SSSR count). The topological polar surface area (TPSA) is 87.9 Å². The van der Waals surface area contributed by atoms with Gasteiger partial charge in [-0.2, -0.15) is 0 Å². The average molecular weight is 317 g/mol. The molecular weight excluding hydrogens is 302 g/mol. The van der Waals surface area contributed by atoms with Gasteiger partial charge in [-0.05, 0) is 24.3 Å². The summed E-state index contributed by atoms with van der Waals surface area (Å²) in [4.78, 5) is 22.5. The quantitative estimate of drug-likeness (QED) is 0.478. The van der Waals surface area contributed by atoms with E-state index in [4.69, 9.17) is 9.47 Å². The van der Waals surface area contributed by atoms with E-state index in [1.807, 2.05) is 0 Å². The molecule has 0 saturated heterocycles. The first-order valence-electron chi connectivity index (χ1n) is 6.61. The SMILES string of the molecule is COC(=O)c1ccc([N+](=O)[O-])c(-c2ccc(OC)cc2OC)c1. The minimum Gasteiger partial charge on any atom is -0.497 e. The van der Waals surface area contributed by atoms with Crippen molar-refractivity contribution in [3.05, 3.63) is 52.1 Å². The fourth-order valence-electron chi connectivity index (χ4n) is 2.18. The van der Waals surface area contributed by atoms with Crippen LogP contribution < -0.4 is 9.47 Å². The Balaban J connectivity index is 2.69. The van der Waals surface area contributed by atoms with Crippen molar-refractivity contribution in [3.63, 3.8) is 0 Å². The lowest BCUT2D eigenvalue weighted by atomic mass is 10.00. The molecule has 0 saturated carbocycles. The van der Waals surface area contributed by atoms with Gasteiger partial charge in [0.05, 0.1) is 37.4 Å². The van der Waals surface area contributed by atoms with Crippen LogP contribution in [0.3, 0.4) is 0 Å². The van der Waals surface area contributed by atoms with Crippen molar-refractivity contribution in [1.29, 1.82) is 0 Å². The summed E-state index contributed by atoms with van der Waals surface area (Å²) in [5, 5.41) is 11.3. The number of nitro benzene ring substituents is 1. The van der Waals surface area contributed by atoms with Crippen LogP contribution in [-0.4, -0.2) is 32.2 Å². The van der Waals surface area contributed by atoms with E-state index >= 15 is 0 Å². The Morgan fingerprint density at radius 2 is 1.74 bits per heavy atom. The molecule has 2 aromatic carbocycles. The van der Waals surface area contributed by atoms with Crippen molar-refractivity contribution >= 4 is 11.7 Å². The first-order chi connectivity index (χ1) is 11.0. The van der Waals surface area contributed by atoms with Crippen molar-refractivity contribution in [2.75, 3.05) is 21.3 Å². The highest BCUT2D eigenvalue weighted by Gasteiger charge is 2.21. The van der Waals surface area contributed by atoms with E-state index in [9.17, 15) is 14.9 Å². The molecule has 0 aromatic heterocycles. The van der Waals surface area contributed by atoms with Gasteiger partial charge in [-0.3, -0.25) is 10.1 Å². The number of carbonyl (C=O) groups is 1. The number of nitrogens with zero attached hydrogens (tertiary/aromatic N) is 1. The molecule has 0 amide bonds. The summed E-state index contributed by atoms with van der Waals surface area (Å²) in [7, 11) is 4.21. The Morgan fingerprint density at radius 3 is 2.30 bits per heavy atom. The van der Waals surface area contributed by atoms with Crippen molar-refractivity contribution in [3.8, 4) is 22.6 Å². The zero-order valence-corrected chi connectivity index (χ0v) is 12.9. The minimum absolute atomic E-state index is 0.138. The monoisotopic (exact) mass is 317 g/mol. The average Bonchev–Trinajstić information content (AvgIpc) is 2.59. The van der Waals surface area contributed by atoms with Gasteiger partial charge >= 0.3 is 5.97 Å². The maximum absolute atomic E-state index is 11.7. The lowest BCUT2D eigenvalue weighted by Crippen LogP contribution is -2.03. The third-order valence-electron chi connectivity index (χ3n) is 3.31. The van der Waals surface area contributed by atoms with E-state index in [1.54, 1.807) is 18.2 Å². The summed E-state index contributed by atoms with van der Waals surface area (Å²) >= 11 is 0. The Bertz CT molecular complexity index is 756. The highest BCUT2D eigenvalue weighted by molar-refractivity contribution is 5.93. The second-order valence-electron chi connectivity index (χ2n) is 4.55. The zero-order valence-electron chi connectivity index (χ0n) is 12.9. The molecule has 0 radical (unpaired) electrons. The standard InChI is InChI=1S/C16H15NO6/c1-21-11-5-6-12(15(9-11)22-2)13-8-10(16(18)23-3)4-7-14(13)17(19)20/h4-9H,1-3H3. The number of ether oxygens (including phenoxy) is 3. The number of nitro groups is 1. The summed E-state index contributed by atoms with van der Waals surface area (Å²) in [5.74, 6) is 0.375. The molecule has 0 bridgehead atoms. The normalized spacial score (nSPS) is 10.0. The van der Waals surface area contributed by atoms with Crippen molar-refractivity contribution < 1.29 is 23.9 Å². The molecule has 0 N–H and O–H groups in total. The van der Waals surface area contributed by atoms with Gasteiger partial charge in [-0.15, -0.1) is 0 Å². The fourth-order valence-corrected chi connectivity index (χ4v) is 2.18. The Labute approximate surface area is 132 Å². The third kappa shape index (κ3) is 3.23. The number of rotatable bonds is 5. The van der Waals surface area contributed by atoms with Crippen LogP contribution in [0.4, 0.5) is 5.69 Å². The number of esters is 1. The fraction of sp³-hybridized carbons (Fsp3) is 0.188. The molecule has 0 heterocycles. The molecule has 7 heteroatoms. The molecule has 0 aliphatic heterocycles. The van der Waals surface area contributed by atoms with Gasteiger partial charge in [-0.1, -0.05) is 0 Å². The lowest BCUT2D eigenvalue weighted by molar-refractivity contribution is -0.384. The smallest absolute Gasteiger partial charge is 0.337 e. The Morgan fingerprint density at radius 1 is 1.00 bits per heavy atom. The van der Waals surface area contributed by atoms with Crippen molar-refractivity contribution in [2.45, 2.75) is 0 Å². The van der Waals surface area contributed by atoms with Gasteiger partial charge in [0.1, 0.15) is 11.5 Å². The first kappa shape index (κ1) is 16.3. The Hall–Kier alpha value is -3.09. The van der Waals surface area contributed by atoms with Crippen LogP contribution in [0.25, 0.3) is 11.1 Å². The van der Waals surface area contributed by atoms with Crippen LogP contribution >= 0.6 is 0 Å². The summed E-state index contributed by atoms with van der Waals surface area (Å²) in [6, 6.07) is 8.94. The number of hydrogen-bond donors (Lipinski definition) is 0. The number of benzene rings is 2. The lowest BCUT2D eigenvalue weighted by Gasteiger charge is -2.11. The highest BCUT2D eigenvalue weighted by Crippen LogP contribution is 2.38. The zero-order chi connectivity index (χ0) is 17.0. The van der Waals surface area contributed by atoms with Crippen LogP contribution in [-0.2, 0) is 4.74 Å². The van der Waals surface area contributed by atoms with E-state index in [2.05, 4.69) is 4.74 Å². The maximum Gasteiger partial charge on any atom is 0.337 e. The number of carbonyl (C=O) groups excluding carboxylic acids is 1. The molecule has 2 aromatic rings. The first-order valence-corrected chi connectivity index (χ1v) is 6.61. The third-order valence-corrected chi connectivity index (χ3v) is 3.31. The van der Waals surface area contributed by atoms with Crippen LogP contribution in [0.5, 0.6) is 11.5 Å². The van der Waals surface area contributed by atoms with Crippen LogP contribution in [0.15, 0.2) is 36.4 Å². The molecule has 120 valence electrons. The summed E-state index contributed by atoms with van der Waals surface area (Å²) in [5.41, 5.74) is 0.815. The molecule has 0 spiro atoms. The molecule has 0 aliphatic carbocycles. The van der Waals surface area contributed by atoms with Crippen LogP contribution in [0, 0.1) is 10.1 Å². The Kier molecular flexibility index (Phi) is 4.80. The number of methoxy groups -OCH3 is 3. The van der Waals surface area contributed by atoms with Gasteiger partial charge in [0.25, 0.3) is 5.69 Å². The summed E-state index contributed by atoms with van der Waals surface area (Å²) in [6.45, 7) is 0. The number of hydrogen-bond acceptors (Lipinski definition) is 6. The van der Waals surface area contributed by atoms with E-state index < -0.39 is 10.9 Å². The molecule has 23 heavy (non-hydrogen) atoms. The van der Waals surface area contributed by atoms with Crippen LogP contribution in [0.2, 0.25) is 0 Å². The van der Waals surface area contributed by atoms with Gasteiger partial charge in [0.15, 0.2) is 0 Å². The summed E-state index contributed by atoms with van der Waals surface area (Å²) < 4.78 is 15.1. The molecule has 0 fully saturated rings. The second-order valence-corrected chi connectivity index (χ2v) is 4.55. The molecule has 0 aliphatic rings. The van der Waals surface area contributed by atoms with E-state index in [0.717, 1.165) is 0 Å². The minimum atomic E-state index is -0.575. The van der Waals surface area contributed by atoms with Gasteiger partial charge in [0, 0.05) is 17.7 Å². The van der Waals surface area contributed by atoms with Crippen molar-refractivity contribution in [2.24, 2.45) is 0 Å². The largest absolute Gasteiger partial charge is 0.497 e. The molecule has 0 atom stereocenters. The van der Waals surface area contributed by atoms with Crippen molar-refractivity contribution in [1.82, 2.24) is 0 Å². The van der Waals surface area contributed by atoms with Gasteiger partial charge in [-0.25, -0.2) is 4.79 Å². The van der Waals surface area contributed by atoms with E-state index in [-0.39, 0.29) is 16.8 Å². The predicted octanol–water partition coefficient (Wildman–Crippen LogP) is 3.07. The van der Waals surface area contributed by atoms with Gasteiger partial charge < -0.3 is 14.2 Å².